The number of halogens is 3. The Balaban J connectivity index is 1.45. The lowest BCUT2D eigenvalue weighted by Crippen LogP contribution is -2.55. The summed E-state index contributed by atoms with van der Waals surface area (Å²) in [6.45, 7) is 2.32. The molecule has 0 aliphatic carbocycles. The molecule has 3 heterocycles. The number of hydrogen-bond donors (Lipinski definition) is 1. The molecule has 0 radical (unpaired) electrons. The van der Waals surface area contributed by atoms with Gasteiger partial charge in [-0.3, -0.25) is 19.6 Å². The number of rotatable bonds is 5. The Hall–Kier alpha value is -2.81. The monoisotopic (exact) mass is 472 g/mol. The summed E-state index contributed by atoms with van der Waals surface area (Å²) in [6.07, 6.45) is 0.635. The molecule has 0 bridgehead atoms. The minimum Gasteiger partial charge on any atom is -0.394 e. The Labute approximate surface area is 195 Å². The smallest absolute Gasteiger partial charge is 0.260 e. The van der Waals surface area contributed by atoms with Crippen LogP contribution in [0, 0.1) is 11.6 Å². The average molecular weight is 473 g/mol. The summed E-state index contributed by atoms with van der Waals surface area (Å²) in [5, 5.41) is 10.8. The number of aliphatic imine (C=N–C) groups is 1. The molecule has 3 aliphatic rings. The van der Waals surface area contributed by atoms with Crippen LogP contribution in [-0.2, 0) is 11.3 Å². The topological polar surface area (TPSA) is 59.4 Å². The highest BCUT2D eigenvalue weighted by molar-refractivity contribution is 6.30. The Morgan fingerprint density at radius 1 is 1.09 bits per heavy atom. The van der Waals surface area contributed by atoms with Crippen LogP contribution >= 0.6 is 11.6 Å². The molecule has 6 nitrogen and oxygen atoms in total. The Bertz CT molecular complexity index is 1130. The van der Waals surface area contributed by atoms with E-state index in [0.717, 1.165) is 17.3 Å². The van der Waals surface area contributed by atoms with E-state index in [2.05, 4.69) is 9.89 Å². The van der Waals surface area contributed by atoms with Gasteiger partial charge in [0.2, 0.25) is 5.96 Å². The second kappa shape index (κ2) is 8.85. The molecule has 5 rings (SSSR count). The van der Waals surface area contributed by atoms with Crippen molar-refractivity contribution in [2.45, 2.75) is 19.0 Å². The molecule has 2 aromatic rings. The van der Waals surface area contributed by atoms with Gasteiger partial charge in [-0.05, 0) is 35.4 Å². The highest BCUT2D eigenvalue weighted by Gasteiger charge is 2.44. The van der Waals surface area contributed by atoms with E-state index in [0.29, 0.717) is 61.3 Å². The van der Waals surface area contributed by atoms with Crippen LogP contribution < -0.4 is 0 Å². The van der Waals surface area contributed by atoms with Gasteiger partial charge < -0.3 is 10.0 Å². The van der Waals surface area contributed by atoms with Gasteiger partial charge in [0.05, 0.1) is 24.8 Å². The molecule has 9 heteroatoms. The van der Waals surface area contributed by atoms with Crippen LogP contribution in [0.1, 0.15) is 23.6 Å². The number of carbonyl (C=O) groups is 1. The van der Waals surface area contributed by atoms with E-state index < -0.39 is 17.7 Å². The highest BCUT2D eigenvalue weighted by atomic mass is 35.5. The van der Waals surface area contributed by atoms with Gasteiger partial charge in [0.1, 0.15) is 11.6 Å². The lowest BCUT2D eigenvalue weighted by molar-refractivity contribution is -0.127. The Kier molecular flexibility index (Phi) is 5.90. The van der Waals surface area contributed by atoms with Crippen molar-refractivity contribution in [1.82, 2.24) is 14.7 Å². The number of guanidine groups is 1. The highest BCUT2D eigenvalue weighted by Crippen LogP contribution is 2.36. The number of hydrogen-bond acceptors (Lipinski definition) is 5. The summed E-state index contributed by atoms with van der Waals surface area (Å²) in [5.41, 5.74) is 2.86. The van der Waals surface area contributed by atoms with Gasteiger partial charge in [0.25, 0.3) is 5.91 Å². The van der Waals surface area contributed by atoms with Gasteiger partial charge >= 0.3 is 0 Å². The minimum atomic E-state index is -0.617. The molecule has 0 saturated carbocycles. The van der Waals surface area contributed by atoms with Gasteiger partial charge in [-0.15, -0.1) is 0 Å². The summed E-state index contributed by atoms with van der Waals surface area (Å²) in [7, 11) is 0. The van der Waals surface area contributed by atoms with Gasteiger partial charge in [-0.25, -0.2) is 8.78 Å². The molecule has 0 saturated heterocycles. The van der Waals surface area contributed by atoms with Crippen LogP contribution in [0.25, 0.3) is 0 Å². The summed E-state index contributed by atoms with van der Waals surface area (Å²) in [6, 6.07) is 9.93. The molecule has 0 spiro atoms. The van der Waals surface area contributed by atoms with Crippen LogP contribution in [-0.4, -0.2) is 64.5 Å². The average Bonchev–Trinajstić information content (AvgIpc) is 3.26. The quantitative estimate of drug-likeness (QED) is 0.725. The van der Waals surface area contributed by atoms with Crippen LogP contribution in [0.2, 0.25) is 5.02 Å². The van der Waals surface area contributed by atoms with Crippen molar-refractivity contribution in [2.75, 3.05) is 32.8 Å². The number of fused-ring (bicyclic) bond motifs is 2. The summed E-state index contributed by atoms with van der Waals surface area (Å²) in [5.74, 6) is -0.874. The number of amides is 1. The third kappa shape index (κ3) is 4.14. The molecule has 0 aromatic heterocycles. The maximum atomic E-state index is 13.7. The largest absolute Gasteiger partial charge is 0.394 e. The molecule has 1 atom stereocenters. The summed E-state index contributed by atoms with van der Waals surface area (Å²) in [4.78, 5) is 23.9. The fraction of sp³-hybridized carbons (Fsp3) is 0.333. The maximum Gasteiger partial charge on any atom is 0.260 e. The van der Waals surface area contributed by atoms with Crippen LogP contribution in [0.5, 0.6) is 0 Å². The number of benzene rings is 2. The van der Waals surface area contributed by atoms with Gasteiger partial charge in [-0.1, -0.05) is 23.7 Å². The Morgan fingerprint density at radius 3 is 2.52 bits per heavy atom. The van der Waals surface area contributed by atoms with Crippen LogP contribution in [0.15, 0.2) is 58.7 Å². The maximum absolute atomic E-state index is 13.7. The Morgan fingerprint density at radius 2 is 1.82 bits per heavy atom. The molecule has 2 aromatic carbocycles. The van der Waals surface area contributed by atoms with Crippen molar-refractivity contribution >= 4 is 23.5 Å². The van der Waals surface area contributed by atoms with Crippen molar-refractivity contribution in [2.24, 2.45) is 4.99 Å². The van der Waals surface area contributed by atoms with Gasteiger partial charge in [0, 0.05) is 49.4 Å². The van der Waals surface area contributed by atoms with E-state index in [4.69, 9.17) is 11.6 Å². The molecule has 1 amide bonds. The van der Waals surface area contributed by atoms with Gasteiger partial charge in [0.15, 0.2) is 0 Å². The molecule has 172 valence electrons. The predicted octanol–water partition coefficient (Wildman–Crippen LogP) is 3.33. The third-order valence-electron chi connectivity index (χ3n) is 6.30. The number of aliphatic hydroxyl groups excluding tert-OH is 1. The van der Waals surface area contributed by atoms with Crippen molar-refractivity contribution < 1.29 is 18.7 Å². The zero-order chi connectivity index (χ0) is 23.1. The number of nitrogens with zero attached hydrogens (tertiary/aromatic N) is 4. The second-order valence-corrected chi connectivity index (χ2v) is 8.86. The fourth-order valence-corrected chi connectivity index (χ4v) is 4.95. The van der Waals surface area contributed by atoms with E-state index in [1.807, 2.05) is 4.90 Å². The van der Waals surface area contributed by atoms with Crippen LogP contribution in [0.3, 0.4) is 0 Å². The first kappa shape index (κ1) is 22.0. The van der Waals surface area contributed by atoms with Crippen LogP contribution in [0.4, 0.5) is 8.78 Å². The zero-order valence-corrected chi connectivity index (χ0v) is 18.6. The number of carbonyl (C=O) groups excluding carboxylic acids is 1. The first-order valence-corrected chi connectivity index (χ1v) is 11.2. The molecular formula is C24H23ClF2N4O2. The van der Waals surface area contributed by atoms with Crippen molar-refractivity contribution in [1.29, 1.82) is 0 Å². The standard InChI is InChI=1S/C24H23ClF2N4O2/c25-17-3-1-16(2-4-17)22(14-32)31-23(33)20-13-29(12-15-9-18(26)11-19(27)10-15)7-5-21(20)30-8-6-28-24(30)31/h1-4,9-11,22,32H,5-8,12-14H2/t22-/m1/s1. The van der Waals surface area contributed by atoms with E-state index >= 15 is 0 Å². The SMILES string of the molecule is O=C1C2=C(CCN(Cc3cc(F)cc(F)c3)C2)N2CCN=C2N1[C@H](CO)c1ccc(Cl)cc1. The molecular weight excluding hydrogens is 450 g/mol. The summed E-state index contributed by atoms with van der Waals surface area (Å²) >= 11 is 6.02. The molecule has 0 unspecified atom stereocenters. The molecule has 1 N–H and O–H groups in total. The van der Waals surface area contributed by atoms with E-state index in [1.165, 1.54) is 12.1 Å². The number of aliphatic hydroxyl groups is 1. The zero-order valence-electron chi connectivity index (χ0n) is 17.8. The normalized spacial score (nSPS) is 19.5. The fourth-order valence-electron chi connectivity index (χ4n) is 4.83. The minimum absolute atomic E-state index is 0.203. The first-order valence-electron chi connectivity index (χ1n) is 10.9. The second-order valence-electron chi connectivity index (χ2n) is 8.42. The van der Waals surface area contributed by atoms with Crippen molar-refractivity contribution in [3.8, 4) is 0 Å². The van der Waals surface area contributed by atoms with Crippen molar-refractivity contribution in [3.05, 3.63) is 81.5 Å². The van der Waals surface area contributed by atoms with E-state index in [-0.39, 0.29) is 12.5 Å². The predicted molar refractivity (Wildman–Crippen MR) is 120 cm³/mol. The summed E-state index contributed by atoms with van der Waals surface area (Å²) < 4.78 is 27.3. The molecule has 0 fully saturated rings. The van der Waals surface area contributed by atoms with Crippen molar-refractivity contribution in [3.63, 3.8) is 0 Å². The van der Waals surface area contributed by atoms with Gasteiger partial charge in [-0.2, -0.15) is 0 Å². The third-order valence-corrected chi connectivity index (χ3v) is 6.55. The first-order chi connectivity index (χ1) is 15.9. The lowest BCUT2D eigenvalue weighted by Gasteiger charge is -2.44. The van der Waals surface area contributed by atoms with E-state index in [1.54, 1.807) is 29.2 Å². The molecule has 3 aliphatic heterocycles. The lowest BCUT2D eigenvalue weighted by atomic mass is 9.97. The molecule has 33 heavy (non-hydrogen) atoms. The van der Waals surface area contributed by atoms with E-state index in [9.17, 15) is 18.7 Å².